The second-order valence-electron chi connectivity index (χ2n) is 6.42. The molecular weight excluding hydrogens is 395 g/mol. The van der Waals surface area contributed by atoms with Gasteiger partial charge in [-0.15, -0.1) is 0 Å². The molecule has 0 radical (unpaired) electrons. The average molecular weight is 415 g/mol. The Balaban J connectivity index is 1.84. The quantitative estimate of drug-likeness (QED) is 0.607. The zero-order chi connectivity index (χ0) is 20.8. The number of likely N-dealkylation sites (N-methyl/N-ethyl adjacent to an activating group) is 1. The monoisotopic (exact) mass is 414 g/mol. The molecule has 9 heteroatoms. The Morgan fingerprint density at radius 1 is 1.00 bits per heavy atom. The molecule has 2 rings (SSSR count). The van der Waals surface area contributed by atoms with Crippen LogP contribution in [0.15, 0.2) is 36.4 Å². The molecule has 0 aliphatic rings. The Hall–Kier alpha value is -2.58. The van der Waals surface area contributed by atoms with Gasteiger partial charge in [0.05, 0.1) is 18.8 Å². The van der Waals surface area contributed by atoms with Crippen molar-refractivity contribution in [3.8, 4) is 0 Å². The molecule has 150 valence electrons. The molecule has 2 amide bonds. The number of carbonyl (C=O) groups excluding carboxylic acids is 2. The summed E-state index contributed by atoms with van der Waals surface area (Å²) in [6.45, 7) is 1.64. The molecule has 0 spiro atoms. The van der Waals surface area contributed by atoms with Crippen LogP contribution < -0.4 is 15.5 Å². The van der Waals surface area contributed by atoms with Gasteiger partial charge in [0.2, 0.25) is 0 Å². The Bertz CT molecular complexity index is 862. The van der Waals surface area contributed by atoms with E-state index < -0.39 is 29.0 Å². The summed E-state index contributed by atoms with van der Waals surface area (Å²) in [5.74, 6) is -5.40. The van der Waals surface area contributed by atoms with Gasteiger partial charge in [-0.1, -0.05) is 23.7 Å². The van der Waals surface area contributed by atoms with Crippen LogP contribution >= 0.6 is 11.6 Å². The lowest BCUT2D eigenvalue weighted by Crippen LogP contribution is -3.11. The highest BCUT2D eigenvalue weighted by Gasteiger charge is 2.19. The summed E-state index contributed by atoms with van der Waals surface area (Å²) in [5, 5.41) is 5.57. The molecule has 0 aromatic heterocycles. The molecule has 0 bridgehead atoms. The number of halogens is 4. The van der Waals surface area contributed by atoms with E-state index >= 15 is 0 Å². The number of nitrogens with one attached hydrogen (secondary N) is 3. The van der Waals surface area contributed by atoms with Gasteiger partial charge in [0.15, 0.2) is 30.5 Å². The molecule has 0 saturated carbocycles. The third-order valence-electron chi connectivity index (χ3n) is 3.98. The molecule has 5 nitrogen and oxygen atoms in total. The van der Waals surface area contributed by atoms with Crippen LogP contribution in [-0.2, 0) is 9.59 Å². The molecule has 2 aromatic carbocycles. The molecular formula is C19H20ClF3N3O2+. The van der Waals surface area contributed by atoms with Crippen molar-refractivity contribution in [2.75, 3.05) is 25.5 Å². The van der Waals surface area contributed by atoms with Gasteiger partial charge in [-0.25, -0.2) is 13.2 Å². The molecule has 0 fully saturated rings. The van der Waals surface area contributed by atoms with Gasteiger partial charge in [-0.2, -0.15) is 0 Å². The third-order valence-corrected chi connectivity index (χ3v) is 4.23. The summed E-state index contributed by atoms with van der Waals surface area (Å²) in [7, 11) is 1.60. The lowest BCUT2D eigenvalue weighted by Gasteiger charge is -2.17. The topological polar surface area (TPSA) is 62.6 Å². The fraction of sp³-hybridized carbons (Fsp3) is 0.263. The van der Waals surface area contributed by atoms with Gasteiger partial charge >= 0.3 is 0 Å². The van der Waals surface area contributed by atoms with Crippen LogP contribution in [0.2, 0.25) is 5.02 Å². The Morgan fingerprint density at radius 2 is 1.61 bits per heavy atom. The first-order valence-electron chi connectivity index (χ1n) is 8.47. The number of amides is 2. The van der Waals surface area contributed by atoms with Crippen molar-refractivity contribution in [2.24, 2.45) is 0 Å². The van der Waals surface area contributed by atoms with E-state index in [9.17, 15) is 22.8 Å². The zero-order valence-corrected chi connectivity index (χ0v) is 16.0. The van der Waals surface area contributed by atoms with Crippen molar-refractivity contribution < 1.29 is 27.7 Å². The minimum absolute atomic E-state index is 0.00832. The normalized spacial score (nSPS) is 12.9. The van der Waals surface area contributed by atoms with Gasteiger partial charge in [0, 0.05) is 5.02 Å². The number of anilines is 1. The van der Waals surface area contributed by atoms with Crippen LogP contribution in [0.1, 0.15) is 18.5 Å². The maximum atomic E-state index is 13.6. The number of carbonyl (C=O) groups is 2. The van der Waals surface area contributed by atoms with E-state index in [0.29, 0.717) is 9.92 Å². The van der Waals surface area contributed by atoms with E-state index in [1.54, 1.807) is 31.3 Å². The number of quaternary nitrogens is 1. The van der Waals surface area contributed by atoms with Gasteiger partial charge < -0.3 is 15.5 Å². The first kappa shape index (κ1) is 21.7. The van der Waals surface area contributed by atoms with Crippen LogP contribution in [0, 0.1) is 17.5 Å². The molecule has 0 aliphatic heterocycles. The first-order valence-corrected chi connectivity index (χ1v) is 8.84. The standard InChI is InChI=1S/C19H19ClF3N3O2/c1-11(12-3-5-13(20)6-4-12)24-16(27)9-26(2)10-17(28)25-15-8-7-14(21)18(22)19(15)23/h3-8,11H,9-10H2,1-2H3,(H,24,27)(H,25,28)/p+1/t11-/m1/s1. The predicted molar refractivity (Wildman–Crippen MR) is 99.6 cm³/mol. The van der Waals surface area contributed by atoms with Crippen LogP contribution in [0.4, 0.5) is 18.9 Å². The van der Waals surface area contributed by atoms with Crippen molar-refractivity contribution in [2.45, 2.75) is 13.0 Å². The number of hydrogen-bond acceptors (Lipinski definition) is 2. The molecule has 0 heterocycles. The van der Waals surface area contributed by atoms with Crippen LogP contribution in [0.3, 0.4) is 0 Å². The second-order valence-corrected chi connectivity index (χ2v) is 6.86. The summed E-state index contributed by atoms with van der Waals surface area (Å²) in [6, 6.07) is 8.44. The van der Waals surface area contributed by atoms with Crippen molar-refractivity contribution in [3.05, 3.63) is 64.4 Å². The summed E-state index contributed by atoms with van der Waals surface area (Å²) in [4.78, 5) is 24.6. The fourth-order valence-corrected chi connectivity index (χ4v) is 2.68. The lowest BCUT2D eigenvalue weighted by atomic mass is 10.1. The van der Waals surface area contributed by atoms with Crippen molar-refractivity contribution in [3.63, 3.8) is 0 Å². The van der Waals surface area contributed by atoms with Gasteiger partial charge in [0.1, 0.15) is 0 Å². The zero-order valence-electron chi connectivity index (χ0n) is 15.3. The second kappa shape index (κ2) is 9.57. The SMILES string of the molecule is C[C@@H](NC(=O)C[NH+](C)CC(=O)Nc1ccc(F)c(F)c1F)c1ccc(Cl)cc1. The Morgan fingerprint density at radius 3 is 2.25 bits per heavy atom. The van der Waals surface area contributed by atoms with Gasteiger partial charge in [-0.3, -0.25) is 9.59 Å². The minimum Gasteiger partial charge on any atom is -0.345 e. The maximum Gasteiger partial charge on any atom is 0.279 e. The van der Waals surface area contributed by atoms with E-state index in [1.165, 1.54) is 0 Å². The molecule has 1 unspecified atom stereocenters. The van der Waals surface area contributed by atoms with Crippen molar-refractivity contribution in [1.29, 1.82) is 0 Å². The number of rotatable bonds is 7. The van der Waals surface area contributed by atoms with Gasteiger partial charge in [0.25, 0.3) is 11.8 Å². The first-order chi connectivity index (χ1) is 13.2. The summed E-state index contributed by atoms with van der Waals surface area (Å²) >= 11 is 5.83. The molecule has 2 aromatic rings. The van der Waals surface area contributed by atoms with Crippen LogP contribution in [0.5, 0.6) is 0 Å². The number of hydrogen-bond donors (Lipinski definition) is 3. The summed E-state index contributed by atoms with van der Waals surface area (Å²) in [6.07, 6.45) is 0. The van der Waals surface area contributed by atoms with Crippen LogP contribution in [-0.4, -0.2) is 32.0 Å². The highest BCUT2D eigenvalue weighted by atomic mass is 35.5. The lowest BCUT2D eigenvalue weighted by molar-refractivity contribution is -0.862. The highest BCUT2D eigenvalue weighted by Crippen LogP contribution is 2.19. The highest BCUT2D eigenvalue weighted by molar-refractivity contribution is 6.30. The molecule has 0 saturated heterocycles. The summed E-state index contributed by atoms with van der Waals surface area (Å²) in [5.41, 5.74) is 0.416. The summed E-state index contributed by atoms with van der Waals surface area (Å²) < 4.78 is 39.7. The van der Waals surface area contributed by atoms with E-state index in [0.717, 1.165) is 17.7 Å². The Labute approximate surface area is 165 Å². The van der Waals surface area contributed by atoms with E-state index in [2.05, 4.69) is 10.6 Å². The molecule has 0 aliphatic carbocycles. The average Bonchev–Trinajstić information content (AvgIpc) is 2.62. The smallest absolute Gasteiger partial charge is 0.279 e. The minimum atomic E-state index is -1.66. The van der Waals surface area contributed by atoms with Gasteiger partial charge in [-0.05, 0) is 36.8 Å². The fourth-order valence-electron chi connectivity index (χ4n) is 2.55. The predicted octanol–water partition coefficient (Wildman–Crippen LogP) is 2.09. The van der Waals surface area contributed by atoms with E-state index in [4.69, 9.17) is 11.6 Å². The third kappa shape index (κ3) is 5.97. The maximum absolute atomic E-state index is 13.6. The molecule has 2 atom stereocenters. The van der Waals surface area contributed by atoms with E-state index in [1.807, 2.05) is 6.92 Å². The van der Waals surface area contributed by atoms with Crippen LogP contribution in [0.25, 0.3) is 0 Å². The largest absolute Gasteiger partial charge is 0.345 e. The van der Waals surface area contributed by atoms with Crippen molar-refractivity contribution in [1.82, 2.24) is 5.32 Å². The Kier molecular flexibility index (Phi) is 7.42. The number of benzene rings is 2. The van der Waals surface area contributed by atoms with Crippen molar-refractivity contribution >= 4 is 29.1 Å². The molecule has 3 N–H and O–H groups in total. The molecule has 28 heavy (non-hydrogen) atoms. The van der Waals surface area contributed by atoms with E-state index in [-0.39, 0.29) is 25.0 Å².